The van der Waals surface area contributed by atoms with Gasteiger partial charge >= 0.3 is 5.69 Å². The van der Waals surface area contributed by atoms with Gasteiger partial charge in [0, 0.05) is 66.5 Å². The van der Waals surface area contributed by atoms with Gasteiger partial charge in [0.1, 0.15) is 0 Å². The third kappa shape index (κ3) is 4.27. The molecule has 3 heterocycles. The maximum Gasteiger partial charge on any atom is 0.332 e. The van der Waals surface area contributed by atoms with E-state index in [9.17, 15) is 14.4 Å². The van der Waals surface area contributed by atoms with Gasteiger partial charge in [-0.25, -0.2) is 9.78 Å². The molecule has 0 bridgehead atoms. The van der Waals surface area contributed by atoms with Crippen LogP contribution in [-0.4, -0.2) is 91.7 Å². The first-order valence-corrected chi connectivity index (χ1v) is 10.2. The van der Waals surface area contributed by atoms with E-state index in [0.29, 0.717) is 24.3 Å². The zero-order chi connectivity index (χ0) is 21.1. The lowest BCUT2D eigenvalue weighted by Gasteiger charge is -2.35. The highest BCUT2D eigenvalue weighted by molar-refractivity contribution is 5.78. The molecule has 160 valence electrons. The van der Waals surface area contributed by atoms with Crippen molar-refractivity contribution in [2.45, 2.75) is 20.4 Å². The Hall–Kier alpha value is -2.46. The number of fused-ring (bicyclic) bond motifs is 1. The first-order valence-electron chi connectivity index (χ1n) is 10.2. The Morgan fingerprint density at radius 2 is 1.62 bits per heavy atom. The topological polar surface area (TPSA) is 88.6 Å². The molecule has 0 saturated carbocycles. The fourth-order valence-corrected chi connectivity index (χ4v) is 3.85. The van der Waals surface area contributed by atoms with Gasteiger partial charge in [-0.15, -0.1) is 0 Å². The van der Waals surface area contributed by atoms with Crippen LogP contribution in [0.4, 0.5) is 0 Å². The number of hydrogen-bond donors (Lipinski definition) is 0. The fourth-order valence-electron chi connectivity index (χ4n) is 3.85. The van der Waals surface area contributed by atoms with Crippen molar-refractivity contribution in [3.8, 4) is 0 Å². The summed E-state index contributed by atoms with van der Waals surface area (Å²) in [5, 5.41) is 0. The number of rotatable bonds is 7. The molecular weight excluding hydrogens is 374 g/mol. The SMILES string of the molecule is CCN(CC)C(=O)CN1CCN(CCn2cnc3c2c(=O)n(C)c(=O)n3C)CC1. The van der Waals surface area contributed by atoms with E-state index in [1.165, 1.54) is 11.6 Å². The first-order chi connectivity index (χ1) is 13.9. The Bertz CT molecular complexity index is 978. The molecule has 0 atom stereocenters. The highest BCUT2D eigenvalue weighted by Crippen LogP contribution is 2.07. The minimum absolute atomic E-state index is 0.190. The average molecular weight is 406 g/mol. The highest BCUT2D eigenvalue weighted by Gasteiger charge is 2.21. The number of nitrogens with zero attached hydrogens (tertiary/aromatic N) is 7. The molecule has 10 nitrogen and oxygen atoms in total. The summed E-state index contributed by atoms with van der Waals surface area (Å²) >= 11 is 0. The van der Waals surface area contributed by atoms with Crippen LogP contribution in [0.25, 0.3) is 11.2 Å². The molecule has 2 aromatic heterocycles. The maximum absolute atomic E-state index is 12.5. The minimum atomic E-state index is -0.372. The van der Waals surface area contributed by atoms with Crippen molar-refractivity contribution in [2.24, 2.45) is 14.1 Å². The van der Waals surface area contributed by atoms with Crippen molar-refractivity contribution < 1.29 is 4.79 Å². The molecule has 0 spiro atoms. The van der Waals surface area contributed by atoms with Crippen LogP contribution >= 0.6 is 0 Å². The summed E-state index contributed by atoms with van der Waals surface area (Å²) in [5.74, 6) is 0.190. The van der Waals surface area contributed by atoms with Crippen molar-refractivity contribution in [1.29, 1.82) is 0 Å². The summed E-state index contributed by atoms with van der Waals surface area (Å²) in [6.45, 7) is 10.9. The van der Waals surface area contributed by atoms with E-state index >= 15 is 0 Å². The maximum atomic E-state index is 12.5. The van der Waals surface area contributed by atoms with Gasteiger partial charge in [-0.2, -0.15) is 0 Å². The number of aromatic nitrogens is 4. The lowest BCUT2D eigenvalue weighted by atomic mass is 10.3. The smallest absolute Gasteiger partial charge is 0.332 e. The van der Waals surface area contributed by atoms with Crippen LogP contribution in [0.5, 0.6) is 0 Å². The molecule has 1 aliphatic heterocycles. The second kappa shape index (κ2) is 8.91. The quantitative estimate of drug-likeness (QED) is 0.582. The molecule has 10 heteroatoms. The fraction of sp³-hybridized carbons (Fsp3) is 0.684. The summed E-state index contributed by atoms with van der Waals surface area (Å²) in [6.07, 6.45) is 1.63. The van der Waals surface area contributed by atoms with E-state index in [2.05, 4.69) is 14.8 Å². The first kappa shape index (κ1) is 21.3. The van der Waals surface area contributed by atoms with Gasteiger partial charge in [-0.3, -0.25) is 28.5 Å². The monoisotopic (exact) mass is 405 g/mol. The van der Waals surface area contributed by atoms with Crippen LogP contribution in [0.3, 0.4) is 0 Å². The highest BCUT2D eigenvalue weighted by atomic mass is 16.2. The average Bonchev–Trinajstić information content (AvgIpc) is 3.15. The largest absolute Gasteiger partial charge is 0.342 e. The number of piperazine rings is 1. The predicted octanol–water partition coefficient (Wildman–Crippen LogP) is -1.08. The number of carbonyl (C=O) groups is 1. The predicted molar refractivity (Wildman–Crippen MR) is 111 cm³/mol. The molecule has 29 heavy (non-hydrogen) atoms. The lowest BCUT2D eigenvalue weighted by molar-refractivity contribution is -0.132. The Labute approximate surface area is 169 Å². The summed E-state index contributed by atoms with van der Waals surface area (Å²) in [5.41, 5.74) is 0.180. The van der Waals surface area contributed by atoms with Crippen LogP contribution in [0, 0.1) is 0 Å². The number of amides is 1. The van der Waals surface area contributed by atoms with Gasteiger partial charge in [-0.1, -0.05) is 0 Å². The molecule has 1 saturated heterocycles. The second-order valence-electron chi connectivity index (χ2n) is 7.50. The third-order valence-electron chi connectivity index (χ3n) is 5.81. The van der Waals surface area contributed by atoms with Gasteiger partial charge in [-0.05, 0) is 13.8 Å². The molecule has 3 rings (SSSR count). The number of carbonyl (C=O) groups excluding carboxylic acids is 1. The van der Waals surface area contributed by atoms with Crippen LogP contribution < -0.4 is 11.2 Å². The van der Waals surface area contributed by atoms with E-state index in [1.54, 1.807) is 13.4 Å². The lowest BCUT2D eigenvalue weighted by Crippen LogP contribution is -2.50. The summed E-state index contributed by atoms with van der Waals surface area (Å²) in [4.78, 5) is 47.5. The number of aryl methyl sites for hydroxylation is 1. The van der Waals surface area contributed by atoms with Crippen LogP contribution in [-0.2, 0) is 25.4 Å². The molecule has 1 aliphatic rings. The van der Waals surface area contributed by atoms with E-state index in [0.717, 1.165) is 50.4 Å². The van der Waals surface area contributed by atoms with Crippen molar-refractivity contribution in [3.05, 3.63) is 27.2 Å². The van der Waals surface area contributed by atoms with Crippen molar-refractivity contribution in [1.82, 2.24) is 33.4 Å². The van der Waals surface area contributed by atoms with Gasteiger partial charge in [0.15, 0.2) is 11.2 Å². The molecule has 0 aromatic carbocycles. The Morgan fingerprint density at radius 3 is 2.24 bits per heavy atom. The minimum Gasteiger partial charge on any atom is -0.342 e. The zero-order valence-corrected chi connectivity index (χ0v) is 17.8. The molecule has 0 aliphatic carbocycles. The molecule has 0 radical (unpaired) electrons. The molecule has 0 unspecified atom stereocenters. The Morgan fingerprint density at radius 1 is 1.00 bits per heavy atom. The third-order valence-corrected chi connectivity index (χ3v) is 5.81. The van der Waals surface area contributed by atoms with Crippen LogP contribution in [0.1, 0.15) is 13.8 Å². The van der Waals surface area contributed by atoms with Gasteiger partial charge in [0.2, 0.25) is 5.91 Å². The number of hydrogen-bond acceptors (Lipinski definition) is 6. The van der Waals surface area contributed by atoms with E-state index in [-0.39, 0.29) is 17.2 Å². The van der Waals surface area contributed by atoms with Crippen molar-refractivity contribution in [3.63, 3.8) is 0 Å². The molecule has 1 amide bonds. The van der Waals surface area contributed by atoms with Gasteiger partial charge < -0.3 is 9.47 Å². The van der Waals surface area contributed by atoms with Gasteiger partial charge in [0.25, 0.3) is 5.56 Å². The van der Waals surface area contributed by atoms with Crippen molar-refractivity contribution >= 4 is 17.1 Å². The summed E-state index contributed by atoms with van der Waals surface area (Å²) in [6, 6.07) is 0. The summed E-state index contributed by atoms with van der Waals surface area (Å²) in [7, 11) is 3.11. The Kier molecular flexibility index (Phi) is 6.53. The summed E-state index contributed by atoms with van der Waals surface area (Å²) < 4.78 is 4.35. The van der Waals surface area contributed by atoms with E-state index in [1.807, 2.05) is 23.3 Å². The normalized spacial score (nSPS) is 15.9. The van der Waals surface area contributed by atoms with E-state index < -0.39 is 0 Å². The van der Waals surface area contributed by atoms with Crippen LogP contribution in [0.2, 0.25) is 0 Å². The number of imidazole rings is 1. The standard InChI is InChI=1S/C19H31N7O3/c1-5-25(6-2)15(27)13-24-9-7-23(8-10-24)11-12-26-14-20-17-16(26)18(28)22(4)19(29)21(17)3/h14H,5-13H2,1-4H3. The van der Waals surface area contributed by atoms with E-state index in [4.69, 9.17) is 0 Å². The number of likely N-dealkylation sites (N-methyl/N-ethyl adjacent to an activating group) is 1. The molecule has 1 fully saturated rings. The van der Waals surface area contributed by atoms with Crippen molar-refractivity contribution in [2.75, 3.05) is 52.4 Å². The zero-order valence-electron chi connectivity index (χ0n) is 17.8. The van der Waals surface area contributed by atoms with Crippen LogP contribution in [0.15, 0.2) is 15.9 Å². The second-order valence-corrected chi connectivity index (χ2v) is 7.50. The van der Waals surface area contributed by atoms with Gasteiger partial charge in [0.05, 0.1) is 12.9 Å². The Balaban J connectivity index is 1.58. The molecule has 2 aromatic rings. The molecule has 0 N–H and O–H groups in total. The molecular formula is C19H31N7O3.